The molecule has 104 valence electrons. The van der Waals surface area contributed by atoms with Crippen LogP contribution in [0.2, 0.25) is 5.02 Å². The van der Waals surface area contributed by atoms with Gasteiger partial charge in [0.25, 0.3) is 0 Å². The minimum absolute atomic E-state index is 0.0493. The summed E-state index contributed by atoms with van der Waals surface area (Å²) in [6.07, 6.45) is 3.98. The molecule has 0 bridgehead atoms. The molecule has 2 rings (SSSR count). The van der Waals surface area contributed by atoms with Gasteiger partial charge in [-0.15, -0.1) is 0 Å². The van der Waals surface area contributed by atoms with Crippen molar-refractivity contribution < 1.29 is 4.79 Å². The van der Waals surface area contributed by atoms with Crippen LogP contribution in [0.25, 0.3) is 0 Å². The molecule has 2 nitrogen and oxygen atoms in total. The highest BCUT2D eigenvalue weighted by Crippen LogP contribution is 2.28. The monoisotopic (exact) mass is 279 g/mol. The SMILES string of the molecule is CCN(CC1CCC1)C(C)C(=O)c1ccc(Cl)cc1. The second-order valence-corrected chi connectivity index (χ2v) is 5.87. The average molecular weight is 280 g/mol. The molecule has 0 amide bonds. The highest BCUT2D eigenvalue weighted by molar-refractivity contribution is 6.30. The van der Waals surface area contributed by atoms with Crippen LogP contribution in [-0.4, -0.2) is 29.8 Å². The van der Waals surface area contributed by atoms with Crippen LogP contribution in [0.4, 0.5) is 0 Å². The second kappa shape index (κ2) is 6.53. The van der Waals surface area contributed by atoms with Crippen LogP contribution >= 0.6 is 11.6 Å². The smallest absolute Gasteiger partial charge is 0.179 e. The normalized spacial score (nSPS) is 17.3. The van der Waals surface area contributed by atoms with E-state index in [0.717, 1.165) is 24.6 Å². The molecule has 0 aromatic heterocycles. The Labute approximate surface area is 120 Å². The Hall–Kier alpha value is -0.860. The predicted molar refractivity (Wildman–Crippen MR) is 79.8 cm³/mol. The number of halogens is 1. The van der Waals surface area contributed by atoms with Gasteiger partial charge in [0, 0.05) is 17.1 Å². The first-order valence-corrected chi connectivity index (χ1v) is 7.53. The Kier molecular flexibility index (Phi) is 5.00. The van der Waals surface area contributed by atoms with Crippen LogP contribution in [0.5, 0.6) is 0 Å². The molecule has 1 saturated carbocycles. The summed E-state index contributed by atoms with van der Waals surface area (Å²) in [5, 5.41) is 0.672. The van der Waals surface area contributed by atoms with E-state index < -0.39 is 0 Å². The average Bonchev–Trinajstić information content (AvgIpc) is 2.37. The van der Waals surface area contributed by atoms with Crippen molar-refractivity contribution in [2.45, 2.75) is 39.2 Å². The fourth-order valence-electron chi connectivity index (χ4n) is 2.59. The third-order valence-corrected chi connectivity index (χ3v) is 4.43. The van der Waals surface area contributed by atoms with Crippen molar-refractivity contribution in [2.75, 3.05) is 13.1 Å². The molecule has 0 heterocycles. The van der Waals surface area contributed by atoms with E-state index in [1.165, 1.54) is 19.3 Å². The van der Waals surface area contributed by atoms with Gasteiger partial charge < -0.3 is 0 Å². The predicted octanol–water partition coefficient (Wildman–Crippen LogP) is 4.03. The maximum absolute atomic E-state index is 12.5. The molecule has 1 aromatic carbocycles. The number of likely N-dealkylation sites (N-methyl/N-ethyl adjacent to an activating group) is 1. The molecule has 1 unspecified atom stereocenters. The van der Waals surface area contributed by atoms with Crippen molar-refractivity contribution in [3.8, 4) is 0 Å². The zero-order valence-corrected chi connectivity index (χ0v) is 12.5. The summed E-state index contributed by atoms with van der Waals surface area (Å²) < 4.78 is 0. The Morgan fingerprint density at radius 3 is 2.47 bits per heavy atom. The zero-order chi connectivity index (χ0) is 13.8. The van der Waals surface area contributed by atoms with Gasteiger partial charge in [0.2, 0.25) is 0 Å². The first-order valence-electron chi connectivity index (χ1n) is 7.15. The van der Waals surface area contributed by atoms with Crippen molar-refractivity contribution in [2.24, 2.45) is 5.92 Å². The number of nitrogens with zero attached hydrogens (tertiary/aromatic N) is 1. The summed E-state index contributed by atoms with van der Waals surface area (Å²) in [4.78, 5) is 14.8. The van der Waals surface area contributed by atoms with Crippen LogP contribution in [-0.2, 0) is 0 Å². The Morgan fingerprint density at radius 2 is 2.00 bits per heavy atom. The van der Waals surface area contributed by atoms with E-state index in [-0.39, 0.29) is 11.8 Å². The van der Waals surface area contributed by atoms with Crippen molar-refractivity contribution in [1.82, 2.24) is 4.90 Å². The molecule has 3 heteroatoms. The van der Waals surface area contributed by atoms with Gasteiger partial charge >= 0.3 is 0 Å². The quantitative estimate of drug-likeness (QED) is 0.733. The van der Waals surface area contributed by atoms with E-state index in [9.17, 15) is 4.79 Å². The molecule has 1 aliphatic carbocycles. The van der Waals surface area contributed by atoms with Gasteiger partial charge in [0.05, 0.1) is 6.04 Å². The van der Waals surface area contributed by atoms with Crippen molar-refractivity contribution >= 4 is 17.4 Å². The minimum atomic E-state index is -0.0493. The summed E-state index contributed by atoms with van der Waals surface area (Å²) in [6, 6.07) is 7.15. The number of ketones is 1. The number of hydrogen-bond acceptors (Lipinski definition) is 2. The van der Waals surface area contributed by atoms with Gasteiger partial charge in [0.15, 0.2) is 5.78 Å². The first-order chi connectivity index (χ1) is 9.11. The Bertz CT molecular complexity index is 425. The van der Waals surface area contributed by atoms with Crippen LogP contribution in [0, 0.1) is 5.92 Å². The van der Waals surface area contributed by atoms with Crippen molar-refractivity contribution in [1.29, 1.82) is 0 Å². The highest BCUT2D eigenvalue weighted by atomic mass is 35.5. The van der Waals surface area contributed by atoms with Crippen LogP contribution in [0.15, 0.2) is 24.3 Å². The molecule has 1 fully saturated rings. The molecule has 0 radical (unpaired) electrons. The second-order valence-electron chi connectivity index (χ2n) is 5.43. The van der Waals surface area contributed by atoms with Gasteiger partial charge in [-0.2, -0.15) is 0 Å². The fourth-order valence-corrected chi connectivity index (χ4v) is 2.72. The molecular weight excluding hydrogens is 258 g/mol. The fraction of sp³-hybridized carbons (Fsp3) is 0.562. The van der Waals surface area contributed by atoms with Crippen LogP contribution in [0.3, 0.4) is 0 Å². The van der Waals surface area contributed by atoms with Crippen LogP contribution in [0.1, 0.15) is 43.5 Å². The summed E-state index contributed by atoms with van der Waals surface area (Å²) in [7, 11) is 0. The maximum atomic E-state index is 12.5. The van der Waals surface area contributed by atoms with Crippen LogP contribution < -0.4 is 0 Å². The number of benzene rings is 1. The summed E-state index contributed by atoms with van der Waals surface area (Å²) in [6.45, 7) is 6.12. The summed E-state index contributed by atoms with van der Waals surface area (Å²) >= 11 is 5.86. The third-order valence-electron chi connectivity index (χ3n) is 4.18. The molecule has 1 atom stereocenters. The lowest BCUT2D eigenvalue weighted by Crippen LogP contribution is -2.43. The molecular formula is C16H22ClNO. The number of carbonyl (C=O) groups excluding carboxylic acids is 1. The lowest BCUT2D eigenvalue weighted by atomic mass is 9.84. The van der Waals surface area contributed by atoms with Crippen molar-refractivity contribution in [3.05, 3.63) is 34.9 Å². The molecule has 1 aliphatic rings. The Morgan fingerprint density at radius 1 is 1.37 bits per heavy atom. The van der Waals surface area contributed by atoms with Gasteiger partial charge in [-0.1, -0.05) is 24.9 Å². The third kappa shape index (κ3) is 3.58. The Balaban J connectivity index is 2.01. The van der Waals surface area contributed by atoms with E-state index in [1.54, 1.807) is 12.1 Å². The van der Waals surface area contributed by atoms with Gasteiger partial charge in [-0.25, -0.2) is 0 Å². The number of Topliss-reactive ketones (excluding diaryl/α,β-unsaturated/α-hetero) is 1. The molecule has 1 aromatic rings. The molecule has 0 spiro atoms. The van der Waals surface area contributed by atoms with Gasteiger partial charge in [-0.05, 0) is 56.5 Å². The molecule has 0 aliphatic heterocycles. The number of rotatable bonds is 6. The summed E-state index contributed by atoms with van der Waals surface area (Å²) in [5.41, 5.74) is 0.754. The number of carbonyl (C=O) groups is 1. The highest BCUT2D eigenvalue weighted by Gasteiger charge is 2.26. The van der Waals surface area contributed by atoms with E-state index in [1.807, 2.05) is 19.1 Å². The van der Waals surface area contributed by atoms with E-state index in [0.29, 0.717) is 5.02 Å². The number of hydrogen-bond donors (Lipinski definition) is 0. The largest absolute Gasteiger partial charge is 0.294 e. The van der Waals surface area contributed by atoms with Gasteiger partial charge in [0.1, 0.15) is 0 Å². The molecule has 19 heavy (non-hydrogen) atoms. The molecule has 0 saturated heterocycles. The summed E-state index contributed by atoms with van der Waals surface area (Å²) in [5.74, 6) is 0.984. The lowest BCUT2D eigenvalue weighted by molar-refractivity contribution is 0.0789. The first kappa shape index (κ1) is 14.5. The zero-order valence-electron chi connectivity index (χ0n) is 11.7. The van der Waals surface area contributed by atoms with Gasteiger partial charge in [-0.3, -0.25) is 9.69 Å². The standard InChI is InChI=1S/C16H22ClNO/c1-3-18(11-13-5-4-6-13)12(2)16(19)14-7-9-15(17)10-8-14/h7-10,12-13H,3-6,11H2,1-2H3. The maximum Gasteiger partial charge on any atom is 0.179 e. The molecule has 0 N–H and O–H groups in total. The topological polar surface area (TPSA) is 20.3 Å². The lowest BCUT2D eigenvalue weighted by Gasteiger charge is -2.34. The van der Waals surface area contributed by atoms with Crippen molar-refractivity contribution in [3.63, 3.8) is 0 Å². The van der Waals surface area contributed by atoms with E-state index >= 15 is 0 Å². The minimum Gasteiger partial charge on any atom is -0.294 e. The van der Waals surface area contributed by atoms with E-state index in [2.05, 4.69) is 11.8 Å². The van der Waals surface area contributed by atoms with E-state index in [4.69, 9.17) is 11.6 Å².